The average Bonchev–Trinajstić information content (AvgIpc) is 3.17. The largest absolute Gasteiger partial charge is 0.340 e. The van der Waals surface area contributed by atoms with Gasteiger partial charge in [-0.1, -0.05) is 24.3 Å². The molecule has 0 atom stereocenters. The minimum Gasteiger partial charge on any atom is -0.340 e. The van der Waals surface area contributed by atoms with Gasteiger partial charge in [0.15, 0.2) is 0 Å². The molecule has 0 radical (unpaired) electrons. The molecule has 0 aliphatic carbocycles. The van der Waals surface area contributed by atoms with Crippen LogP contribution in [0, 0.1) is 13.8 Å². The summed E-state index contributed by atoms with van der Waals surface area (Å²) < 4.78 is 0. The normalized spacial score (nSPS) is 15.0. The van der Waals surface area contributed by atoms with E-state index in [0.717, 1.165) is 36.3 Å². The Hall–Kier alpha value is -2.18. The van der Waals surface area contributed by atoms with Crippen LogP contribution in [-0.2, 0) is 16.0 Å². The van der Waals surface area contributed by atoms with Crippen molar-refractivity contribution in [3.63, 3.8) is 0 Å². The summed E-state index contributed by atoms with van der Waals surface area (Å²) >= 11 is 1.70. The summed E-state index contributed by atoms with van der Waals surface area (Å²) in [4.78, 5) is 30.1. The van der Waals surface area contributed by atoms with Gasteiger partial charge in [-0.2, -0.15) is 0 Å². The van der Waals surface area contributed by atoms with Gasteiger partial charge in [-0.05, 0) is 42.8 Å². The highest BCUT2D eigenvalue weighted by molar-refractivity contribution is 7.09. The third kappa shape index (κ3) is 5.40. The molecule has 5 nitrogen and oxygen atoms in total. The van der Waals surface area contributed by atoms with Crippen molar-refractivity contribution < 1.29 is 9.59 Å². The molecule has 1 aromatic carbocycles. The second kappa shape index (κ2) is 9.15. The molecule has 3 rings (SSSR count). The van der Waals surface area contributed by atoms with Crippen LogP contribution < -0.4 is 5.32 Å². The third-order valence-corrected chi connectivity index (χ3v) is 5.94. The highest BCUT2D eigenvalue weighted by Crippen LogP contribution is 2.19. The predicted molar refractivity (Wildman–Crippen MR) is 110 cm³/mol. The average molecular weight is 386 g/mol. The van der Waals surface area contributed by atoms with Crippen molar-refractivity contribution in [2.24, 2.45) is 0 Å². The third-order valence-electron chi connectivity index (χ3n) is 5.00. The molecule has 1 aliphatic heterocycles. The zero-order valence-corrected chi connectivity index (χ0v) is 16.8. The first kappa shape index (κ1) is 19.6. The van der Waals surface area contributed by atoms with Crippen LogP contribution in [-0.4, -0.2) is 54.3 Å². The Labute approximate surface area is 165 Å². The van der Waals surface area contributed by atoms with E-state index in [0.29, 0.717) is 26.1 Å². The lowest BCUT2D eigenvalue weighted by Gasteiger charge is -2.34. The van der Waals surface area contributed by atoms with Gasteiger partial charge < -0.3 is 10.2 Å². The van der Waals surface area contributed by atoms with E-state index >= 15 is 0 Å². The molecule has 2 amide bonds. The van der Waals surface area contributed by atoms with Gasteiger partial charge in [-0.25, -0.2) is 0 Å². The number of rotatable bonds is 6. The van der Waals surface area contributed by atoms with Crippen molar-refractivity contribution in [2.75, 3.05) is 38.0 Å². The number of anilines is 1. The summed E-state index contributed by atoms with van der Waals surface area (Å²) in [6, 6.07) is 10.1. The van der Waals surface area contributed by atoms with E-state index in [1.807, 2.05) is 48.4 Å². The number of para-hydroxylation sites is 1. The van der Waals surface area contributed by atoms with E-state index < -0.39 is 0 Å². The van der Waals surface area contributed by atoms with Crippen LogP contribution in [0.1, 0.15) is 22.4 Å². The van der Waals surface area contributed by atoms with E-state index in [9.17, 15) is 9.59 Å². The summed E-state index contributed by atoms with van der Waals surface area (Å²) in [6.45, 7) is 7.24. The molecule has 144 valence electrons. The molecule has 1 aliphatic rings. The SMILES string of the molecule is Cc1cccc(C)c1NC(=O)CN1CCN(C(=O)CCc2cccs2)CC1. The van der Waals surface area contributed by atoms with Gasteiger partial charge in [-0.3, -0.25) is 14.5 Å². The van der Waals surface area contributed by atoms with Gasteiger partial charge in [0, 0.05) is 43.2 Å². The van der Waals surface area contributed by atoms with Gasteiger partial charge in [0.2, 0.25) is 11.8 Å². The maximum absolute atomic E-state index is 12.4. The van der Waals surface area contributed by atoms with Gasteiger partial charge in [0.1, 0.15) is 0 Å². The van der Waals surface area contributed by atoms with Gasteiger partial charge >= 0.3 is 0 Å². The van der Waals surface area contributed by atoms with Gasteiger partial charge in [0.25, 0.3) is 0 Å². The van der Waals surface area contributed by atoms with Crippen molar-refractivity contribution >= 4 is 28.8 Å². The van der Waals surface area contributed by atoms with Gasteiger partial charge in [0.05, 0.1) is 6.54 Å². The predicted octanol–water partition coefficient (Wildman–Crippen LogP) is 3.08. The lowest BCUT2D eigenvalue weighted by Crippen LogP contribution is -2.50. The minimum absolute atomic E-state index is 0.00451. The van der Waals surface area contributed by atoms with Crippen LogP contribution in [0.25, 0.3) is 0 Å². The maximum atomic E-state index is 12.4. The molecular formula is C21H27N3O2S. The van der Waals surface area contributed by atoms with Crippen molar-refractivity contribution in [2.45, 2.75) is 26.7 Å². The number of nitrogens with one attached hydrogen (secondary N) is 1. The molecule has 0 bridgehead atoms. The minimum atomic E-state index is 0.00451. The summed E-state index contributed by atoms with van der Waals surface area (Å²) in [6.07, 6.45) is 1.38. The number of piperazine rings is 1. The van der Waals surface area contributed by atoms with Crippen molar-refractivity contribution in [3.05, 3.63) is 51.7 Å². The number of hydrogen-bond acceptors (Lipinski definition) is 4. The van der Waals surface area contributed by atoms with Crippen molar-refractivity contribution in [1.29, 1.82) is 0 Å². The zero-order chi connectivity index (χ0) is 19.2. The molecule has 2 aromatic rings. The number of hydrogen-bond donors (Lipinski definition) is 1. The fourth-order valence-corrected chi connectivity index (χ4v) is 4.10. The molecule has 0 saturated carbocycles. The molecule has 2 heterocycles. The second-order valence-electron chi connectivity index (χ2n) is 7.05. The summed E-state index contributed by atoms with van der Waals surface area (Å²) in [7, 11) is 0. The van der Waals surface area contributed by atoms with E-state index in [1.165, 1.54) is 4.88 Å². The second-order valence-corrected chi connectivity index (χ2v) is 8.08. The molecule has 0 unspecified atom stereocenters. The number of carbonyl (C=O) groups excluding carboxylic acids is 2. The molecule has 27 heavy (non-hydrogen) atoms. The van der Waals surface area contributed by atoms with Crippen LogP contribution in [0.15, 0.2) is 35.7 Å². The van der Waals surface area contributed by atoms with Crippen LogP contribution in [0.5, 0.6) is 0 Å². The number of carbonyl (C=O) groups is 2. The van der Waals surface area contributed by atoms with E-state index in [-0.39, 0.29) is 11.8 Å². The van der Waals surface area contributed by atoms with Crippen LogP contribution in [0.2, 0.25) is 0 Å². The lowest BCUT2D eigenvalue weighted by molar-refractivity contribution is -0.133. The fraction of sp³-hybridized carbons (Fsp3) is 0.429. The van der Waals surface area contributed by atoms with Gasteiger partial charge in [-0.15, -0.1) is 11.3 Å². The first-order valence-corrected chi connectivity index (χ1v) is 10.3. The maximum Gasteiger partial charge on any atom is 0.238 e. The summed E-state index contributed by atoms with van der Waals surface area (Å²) in [5.41, 5.74) is 3.05. The standard InChI is InChI=1S/C21H27N3O2S/c1-16-5-3-6-17(2)21(16)22-19(25)15-23-10-12-24(13-11-23)20(26)9-8-18-7-4-14-27-18/h3-7,14H,8-13,15H2,1-2H3,(H,22,25). The Morgan fingerprint density at radius 2 is 1.74 bits per heavy atom. The first-order valence-electron chi connectivity index (χ1n) is 9.41. The Bertz CT molecular complexity index is 760. The molecule has 1 aromatic heterocycles. The molecule has 0 spiro atoms. The topological polar surface area (TPSA) is 52.7 Å². The number of aryl methyl sites for hydroxylation is 3. The summed E-state index contributed by atoms with van der Waals surface area (Å²) in [5, 5.41) is 5.08. The Morgan fingerprint density at radius 3 is 2.37 bits per heavy atom. The highest BCUT2D eigenvalue weighted by Gasteiger charge is 2.22. The number of benzene rings is 1. The van der Waals surface area contributed by atoms with Crippen molar-refractivity contribution in [1.82, 2.24) is 9.80 Å². The quantitative estimate of drug-likeness (QED) is 0.831. The number of amides is 2. The Kier molecular flexibility index (Phi) is 6.63. The van der Waals surface area contributed by atoms with Crippen LogP contribution in [0.3, 0.4) is 0 Å². The highest BCUT2D eigenvalue weighted by atomic mass is 32.1. The first-order chi connectivity index (χ1) is 13.0. The Morgan fingerprint density at radius 1 is 1.04 bits per heavy atom. The molecule has 1 fully saturated rings. The number of thiophene rings is 1. The zero-order valence-electron chi connectivity index (χ0n) is 16.0. The van der Waals surface area contributed by atoms with E-state index in [1.54, 1.807) is 11.3 Å². The van der Waals surface area contributed by atoms with Crippen LogP contribution >= 0.6 is 11.3 Å². The van der Waals surface area contributed by atoms with Crippen molar-refractivity contribution in [3.8, 4) is 0 Å². The molecule has 1 saturated heterocycles. The summed E-state index contributed by atoms with van der Waals surface area (Å²) in [5.74, 6) is 0.216. The number of nitrogens with zero attached hydrogens (tertiary/aromatic N) is 2. The van der Waals surface area contributed by atoms with E-state index in [4.69, 9.17) is 0 Å². The lowest BCUT2D eigenvalue weighted by atomic mass is 10.1. The monoisotopic (exact) mass is 385 g/mol. The Balaban J connectivity index is 1.42. The van der Waals surface area contributed by atoms with Crippen LogP contribution in [0.4, 0.5) is 5.69 Å². The molecular weight excluding hydrogens is 358 g/mol. The van der Waals surface area contributed by atoms with E-state index in [2.05, 4.69) is 16.3 Å². The smallest absolute Gasteiger partial charge is 0.238 e. The molecule has 6 heteroatoms. The molecule has 1 N–H and O–H groups in total. The fourth-order valence-electron chi connectivity index (χ4n) is 3.39.